The number of hydrogen-bond donors (Lipinski definition) is 1. The second-order valence-corrected chi connectivity index (χ2v) is 5.31. The molecule has 86 valence electrons. The van der Waals surface area contributed by atoms with E-state index in [1.165, 1.54) is 25.7 Å². The summed E-state index contributed by atoms with van der Waals surface area (Å²) in [5.41, 5.74) is 0. The van der Waals surface area contributed by atoms with Crippen molar-refractivity contribution in [1.29, 1.82) is 0 Å². The molecule has 15 heavy (non-hydrogen) atoms. The van der Waals surface area contributed by atoms with Gasteiger partial charge >= 0.3 is 0 Å². The first-order valence-corrected chi connectivity index (χ1v) is 6.11. The van der Waals surface area contributed by atoms with E-state index in [1.807, 2.05) is 14.1 Å². The zero-order chi connectivity index (χ0) is 10.8. The Kier molecular flexibility index (Phi) is 3.29. The van der Waals surface area contributed by atoms with Crippen LogP contribution in [0.4, 0.5) is 0 Å². The Hall–Kier alpha value is -0.570. The van der Waals surface area contributed by atoms with Gasteiger partial charge in [0.1, 0.15) is 0 Å². The van der Waals surface area contributed by atoms with Crippen LogP contribution in [0.25, 0.3) is 0 Å². The molecule has 2 fully saturated rings. The smallest absolute Gasteiger partial charge is 0.239 e. The highest BCUT2D eigenvalue weighted by atomic mass is 16.2. The van der Waals surface area contributed by atoms with Gasteiger partial charge < -0.3 is 10.2 Å². The lowest BCUT2D eigenvalue weighted by atomic mass is 9.87. The van der Waals surface area contributed by atoms with Crippen LogP contribution in [0.3, 0.4) is 0 Å². The van der Waals surface area contributed by atoms with Crippen LogP contribution in [0.5, 0.6) is 0 Å². The summed E-state index contributed by atoms with van der Waals surface area (Å²) < 4.78 is 0. The van der Waals surface area contributed by atoms with Crippen LogP contribution in [-0.2, 0) is 4.79 Å². The second-order valence-electron chi connectivity index (χ2n) is 5.31. The number of hydrogen-bond acceptors (Lipinski definition) is 2. The van der Waals surface area contributed by atoms with Gasteiger partial charge in [0.05, 0.1) is 6.04 Å². The van der Waals surface area contributed by atoms with E-state index in [0.717, 1.165) is 24.8 Å². The van der Waals surface area contributed by atoms with Crippen molar-refractivity contribution in [3.63, 3.8) is 0 Å². The highest BCUT2D eigenvalue weighted by molar-refractivity contribution is 5.81. The number of carbonyl (C=O) groups excluding carboxylic acids is 1. The average molecular weight is 210 g/mol. The molecular formula is C12H22N2O. The van der Waals surface area contributed by atoms with Gasteiger partial charge in [0.25, 0.3) is 0 Å². The third kappa shape index (κ3) is 2.94. The minimum absolute atomic E-state index is 0.0810. The van der Waals surface area contributed by atoms with E-state index < -0.39 is 0 Å². The molecule has 1 aliphatic carbocycles. The van der Waals surface area contributed by atoms with Gasteiger partial charge in [-0.15, -0.1) is 0 Å². The third-order valence-corrected chi connectivity index (χ3v) is 3.61. The number of amides is 1. The van der Waals surface area contributed by atoms with Crippen molar-refractivity contribution in [2.45, 2.75) is 38.1 Å². The molecular weight excluding hydrogens is 188 g/mol. The second kappa shape index (κ2) is 4.52. The summed E-state index contributed by atoms with van der Waals surface area (Å²) in [6, 6.07) is 0.0810. The molecule has 2 rings (SSSR count). The van der Waals surface area contributed by atoms with E-state index in [0.29, 0.717) is 0 Å². The van der Waals surface area contributed by atoms with Crippen molar-refractivity contribution >= 4 is 5.91 Å². The van der Waals surface area contributed by atoms with E-state index in [1.54, 1.807) is 4.90 Å². The first kappa shape index (κ1) is 10.9. The van der Waals surface area contributed by atoms with E-state index in [-0.39, 0.29) is 11.9 Å². The fourth-order valence-corrected chi connectivity index (χ4v) is 2.54. The minimum atomic E-state index is 0.0810. The molecule has 3 nitrogen and oxygen atoms in total. The van der Waals surface area contributed by atoms with Gasteiger partial charge in [-0.05, 0) is 37.6 Å². The van der Waals surface area contributed by atoms with E-state index in [9.17, 15) is 4.79 Å². The third-order valence-electron chi connectivity index (χ3n) is 3.61. The predicted molar refractivity (Wildman–Crippen MR) is 60.5 cm³/mol. The molecule has 0 spiro atoms. The molecule has 1 N–H and O–H groups in total. The SMILES string of the molecule is CN(C)C(=O)C1CC(CC2CC2)CCN1. The van der Waals surface area contributed by atoms with Crippen molar-refractivity contribution in [2.24, 2.45) is 11.8 Å². The van der Waals surface area contributed by atoms with Gasteiger partial charge in [0.15, 0.2) is 0 Å². The molecule has 2 aliphatic rings. The molecule has 3 heteroatoms. The molecule has 1 saturated heterocycles. The Labute approximate surface area is 92.2 Å². The van der Waals surface area contributed by atoms with Crippen LogP contribution in [0, 0.1) is 11.8 Å². The van der Waals surface area contributed by atoms with Crippen molar-refractivity contribution in [2.75, 3.05) is 20.6 Å². The summed E-state index contributed by atoms with van der Waals surface area (Å²) in [6.45, 7) is 1.02. The van der Waals surface area contributed by atoms with Gasteiger partial charge in [-0.3, -0.25) is 4.79 Å². The van der Waals surface area contributed by atoms with Gasteiger partial charge in [0, 0.05) is 14.1 Å². The minimum Gasteiger partial charge on any atom is -0.347 e. The van der Waals surface area contributed by atoms with Gasteiger partial charge in [-0.1, -0.05) is 12.8 Å². The fraction of sp³-hybridized carbons (Fsp3) is 0.917. The molecule has 0 radical (unpaired) electrons. The highest BCUT2D eigenvalue weighted by Crippen LogP contribution is 2.38. The Balaban J connectivity index is 1.82. The molecule has 0 aromatic rings. The maximum absolute atomic E-state index is 11.8. The van der Waals surface area contributed by atoms with E-state index in [4.69, 9.17) is 0 Å². The summed E-state index contributed by atoms with van der Waals surface area (Å²) in [6.07, 6.45) is 6.52. The number of rotatable bonds is 3. The predicted octanol–water partition coefficient (Wildman–Crippen LogP) is 1.24. The van der Waals surface area contributed by atoms with Crippen molar-refractivity contribution in [3.05, 3.63) is 0 Å². The topological polar surface area (TPSA) is 32.3 Å². The first-order valence-electron chi connectivity index (χ1n) is 6.11. The van der Waals surface area contributed by atoms with E-state index in [2.05, 4.69) is 5.32 Å². The van der Waals surface area contributed by atoms with Crippen LogP contribution < -0.4 is 5.32 Å². The number of piperidine rings is 1. The molecule has 0 aromatic carbocycles. The van der Waals surface area contributed by atoms with Crippen LogP contribution in [-0.4, -0.2) is 37.5 Å². The van der Waals surface area contributed by atoms with Crippen molar-refractivity contribution in [3.8, 4) is 0 Å². The summed E-state index contributed by atoms with van der Waals surface area (Å²) in [5, 5.41) is 3.33. The zero-order valence-corrected chi connectivity index (χ0v) is 9.83. The highest BCUT2D eigenvalue weighted by Gasteiger charge is 2.31. The molecule has 0 bridgehead atoms. The molecule has 1 saturated carbocycles. The standard InChI is InChI=1S/C12H22N2O/c1-14(2)12(15)11-8-10(5-6-13-11)7-9-3-4-9/h9-11,13H,3-8H2,1-2H3. The number of likely N-dealkylation sites (N-methyl/N-ethyl adjacent to an activating group) is 1. The number of nitrogens with one attached hydrogen (secondary N) is 1. The number of carbonyl (C=O) groups is 1. The van der Waals surface area contributed by atoms with Crippen molar-refractivity contribution in [1.82, 2.24) is 10.2 Å². The largest absolute Gasteiger partial charge is 0.347 e. The van der Waals surface area contributed by atoms with Crippen LogP contribution >= 0.6 is 0 Å². The zero-order valence-electron chi connectivity index (χ0n) is 9.83. The summed E-state index contributed by atoms with van der Waals surface area (Å²) >= 11 is 0. The Morgan fingerprint density at radius 2 is 2.00 bits per heavy atom. The summed E-state index contributed by atoms with van der Waals surface area (Å²) in [5.74, 6) is 2.02. The van der Waals surface area contributed by atoms with Gasteiger partial charge in [0.2, 0.25) is 5.91 Å². The summed E-state index contributed by atoms with van der Waals surface area (Å²) in [4.78, 5) is 13.5. The fourth-order valence-electron chi connectivity index (χ4n) is 2.54. The average Bonchev–Trinajstić information content (AvgIpc) is 3.01. The lowest BCUT2D eigenvalue weighted by molar-refractivity contribution is -0.131. The Bertz CT molecular complexity index is 236. The Morgan fingerprint density at radius 1 is 1.27 bits per heavy atom. The quantitative estimate of drug-likeness (QED) is 0.760. The van der Waals surface area contributed by atoms with Crippen molar-refractivity contribution < 1.29 is 4.79 Å². The van der Waals surface area contributed by atoms with Crippen LogP contribution in [0.1, 0.15) is 32.1 Å². The molecule has 0 aromatic heterocycles. The Morgan fingerprint density at radius 3 is 2.60 bits per heavy atom. The van der Waals surface area contributed by atoms with Crippen LogP contribution in [0.15, 0.2) is 0 Å². The molecule has 2 atom stereocenters. The molecule has 1 amide bonds. The lowest BCUT2D eigenvalue weighted by Crippen LogP contribution is -2.48. The molecule has 2 unspecified atom stereocenters. The molecule has 1 aliphatic heterocycles. The number of nitrogens with zero attached hydrogens (tertiary/aromatic N) is 1. The maximum atomic E-state index is 11.8. The summed E-state index contributed by atoms with van der Waals surface area (Å²) in [7, 11) is 3.68. The monoisotopic (exact) mass is 210 g/mol. The normalized spacial score (nSPS) is 31.3. The maximum Gasteiger partial charge on any atom is 0.239 e. The van der Waals surface area contributed by atoms with Gasteiger partial charge in [-0.2, -0.15) is 0 Å². The molecule has 1 heterocycles. The van der Waals surface area contributed by atoms with E-state index >= 15 is 0 Å². The first-order chi connectivity index (χ1) is 7.16. The van der Waals surface area contributed by atoms with Gasteiger partial charge in [-0.25, -0.2) is 0 Å². The van der Waals surface area contributed by atoms with Crippen LogP contribution in [0.2, 0.25) is 0 Å². The lowest BCUT2D eigenvalue weighted by Gasteiger charge is -2.31.